The van der Waals surface area contributed by atoms with E-state index in [1.54, 1.807) is 11.8 Å². The van der Waals surface area contributed by atoms with Crippen molar-refractivity contribution in [2.45, 2.75) is 12.5 Å². The molecule has 1 atom stereocenters. The van der Waals surface area contributed by atoms with Crippen LogP contribution < -0.4 is 10.5 Å². The normalized spacial score (nSPS) is 11.9. The minimum Gasteiger partial charge on any atom is -0.490 e. The minimum atomic E-state index is -0.533. The average Bonchev–Trinajstić information content (AvgIpc) is 2.41. The van der Waals surface area contributed by atoms with Crippen molar-refractivity contribution in [2.75, 3.05) is 25.2 Å². The molecule has 0 fully saturated rings. The molecule has 0 spiro atoms. The fourth-order valence-corrected chi connectivity index (χ4v) is 1.78. The zero-order valence-electron chi connectivity index (χ0n) is 10.5. The lowest BCUT2D eigenvalue weighted by Crippen LogP contribution is -2.33. The molecule has 2 N–H and O–H groups in total. The highest BCUT2D eigenvalue weighted by Gasteiger charge is 2.13. The molecule has 1 unspecified atom stereocenters. The molecule has 0 radical (unpaired) electrons. The molecule has 0 bridgehead atoms. The standard InChI is InChI=1S/C13H19NO3S/c1-18-10-7-12(14)13(15)17-9-8-16-11-5-3-2-4-6-11/h2-6,12H,7-10,14H2,1H3. The van der Waals surface area contributed by atoms with Crippen LogP contribution in [0.5, 0.6) is 5.75 Å². The third kappa shape index (κ3) is 5.93. The first-order valence-electron chi connectivity index (χ1n) is 5.83. The third-order valence-corrected chi connectivity index (χ3v) is 2.92. The van der Waals surface area contributed by atoms with Gasteiger partial charge in [-0.2, -0.15) is 11.8 Å². The summed E-state index contributed by atoms with van der Waals surface area (Å²) >= 11 is 1.66. The van der Waals surface area contributed by atoms with Gasteiger partial charge in [0.05, 0.1) is 0 Å². The smallest absolute Gasteiger partial charge is 0.323 e. The van der Waals surface area contributed by atoms with Crippen LogP contribution in [-0.2, 0) is 9.53 Å². The molecular weight excluding hydrogens is 250 g/mol. The summed E-state index contributed by atoms with van der Waals surface area (Å²) < 4.78 is 10.4. The zero-order chi connectivity index (χ0) is 13.2. The minimum absolute atomic E-state index is 0.223. The van der Waals surface area contributed by atoms with Crippen LogP contribution in [0, 0.1) is 0 Å². The largest absolute Gasteiger partial charge is 0.490 e. The van der Waals surface area contributed by atoms with Crippen LogP contribution in [0.15, 0.2) is 30.3 Å². The van der Waals surface area contributed by atoms with Gasteiger partial charge in [-0.3, -0.25) is 4.79 Å². The summed E-state index contributed by atoms with van der Waals surface area (Å²) in [7, 11) is 0. The van der Waals surface area contributed by atoms with Gasteiger partial charge < -0.3 is 15.2 Å². The molecule has 0 heterocycles. The Bertz CT molecular complexity index is 345. The predicted molar refractivity (Wildman–Crippen MR) is 73.9 cm³/mol. The maximum atomic E-state index is 11.4. The van der Waals surface area contributed by atoms with Gasteiger partial charge >= 0.3 is 5.97 Å². The second kappa shape index (κ2) is 8.83. The first-order chi connectivity index (χ1) is 8.74. The van der Waals surface area contributed by atoms with Gasteiger partial charge in [0.25, 0.3) is 0 Å². The maximum Gasteiger partial charge on any atom is 0.323 e. The Labute approximate surface area is 112 Å². The van der Waals surface area contributed by atoms with Gasteiger partial charge in [0, 0.05) is 0 Å². The van der Waals surface area contributed by atoms with E-state index >= 15 is 0 Å². The fraction of sp³-hybridized carbons (Fsp3) is 0.462. The van der Waals surface area contributed by atoms with Crippen molar-refractivity contribution < 1.29 is 14.3 Å². The average molecular weight is 269 g/mol. The van der Waals surface area contributed by atoms with E-state index in [4.69, 9.17) is 15.2 Å². The predicted octanol–water partition coefficient (Wildman–Crippen LogP) is 1.69. The topological polar surface area (TPSA) is 61.6 Å². The van der Waals surface area contributed by atoms with E-state index in [9.17, 15) is 4.79 Å². The van der Waals surface area contributed by atoms with E-state index in [1.807, 2.05) is 36.6 Å². The lowest BCUT2D eigenvalue weighted by Gasteiger charge is -2.11. The van der Waals surface area contributed by atoms with Crippen molar-refractivity contribution in [1.29, 1.82) is 0 Å². The van der Waals surface area contributed by atoms with Gasteiger partial charge in [-0.15, -0.1) is 0 Å². The molecule has 100 valence electrons. The van der Waals surface area contributed by atoms with E-state index in [1.165, 1.54) is 0 Å². The lowest BCUT2D eigenvalue weighted by molar-refractivity contribution is -0.145. The Morgan fingerprint density at radius 3 is 2.72 bits per heavy atom. The first-order valence-corrected chi connectivity index (χ1v) is 7.22. The van der Waals surface area contributed by atoms with Crippen LogP contribution in [-0.4, -0.2) is 37.2 Å². The Morgan fingerprint density at radius 1 is 1.33 bits per heavy atom. The second-order valence-electron chi connectivity index (χ2n) is 3.72. The van der Waals surface area contributed by atoms with Crippen molar-refractivity contribution in [2.24, 2.45) is 5.73 Å². The Kier molecular flexibility index (Phi) is 7.29. The fourth-order valence-electron chi connectivity index (χ4n) is 1.29. The molecule has 5 heteroatoms. The number of nitrogens with two attached hydrogens (primary N) is 1. The highest BCUT2D eigenvalue weighted by atomic mass is 32.2. The van der Waals surface area contributed by atoms with Crippen molar-refractivity contribution in [3.05, 3.63) is 30.3 Å². The molecular formula is C13H19NO3S. The summed E-state index contributed by atoms with van der Waals surface area (Å²) in [6, 6.07) is 8.86. The summed E-state index contributed by atoms with van der Waals surface area (Å²) in [6.07, 6.45) is 2.62. The summed E-state index contributed by atoms with van der Waals surface area (Å²) in [5, 5.41) is 0. The quantitative estimate of drug-likeness (QED) is 0.575. The second-order valence-corrected chi connectivity index (χ2v) is 4.70. The molecule has 0 saturated heterocycles. The van der Waals surface area contributed by atoms with Gasteiger partial charge in [-0.25, -0.2) is 0 Å². The van der Waals surface area contributed by atoms with Gasteiger partial charge in [0.2, 0.25) is 0 Å². The Hall–Kier alpha value is -1.20. The first kappa shape index (κ1) is 14.9. The summed E-state index contributed by atoms with van der Waals surface area (Å²) in [5.41, 5.74) is 5.67. The van der Waals surface area contributed by atoms with Gasteiger partial charge in [0.1, 0.15) is 25.0 Å². The van der Waals surface area contributed by atoms with E-state index in [-0.39, 0.29) is 12.6 Å². The molecule has 0 saturated carbocycles. The molecule has 1 rings (SSSR count). The number of hydrogen-bond donors (Lipinski definition) is 1. The number of carbonyl (C=O) groups excluding carboxylic acids is 1. The molecule has 0 aliphatic carbocycles. The molecule has 0 amide bonds. The van der Waals surface area contributed by atoms with Crippen LogP contribution >= 0.6 is 11.8 Å². The number of hydrogen-bond acceptors (Lipinski definition) is 5. The van der Waals surface area contributed by atoms with Crippen molar-refractivity contribution in [1.82, 2.24) is 0 Å². The van der Waals surface area contributed by atoms with E-state index in [0.29, 0.717) is 13.0 Å². The van der Waals surface area contributed by atoms with E-state index < -0.39 is 6.04 Å². The Balaban J connectivity index is 2.12. The van der Waals surface area contributed by atoms with E-state index in [2.05, 4.69) is 0 Å². The van der Waals surface area contributed by atoms with Crippen LogP contribution in [0.2, 0.25) is 0 Å². The lowest BCUT2D eigenvalue weighted by atomic mass is 10.2. The number of esters is 1. The highest BCUT2D eigenvalue weighted by Crippen LogP contribution is 2.07. The highest BCUT2D eigenvalue weighted by molar-refractivity contribution is 7.98. The number of carbonyl (C=O) groups is 1. The van der Waals surface area contributed by atoms with E-state index in [0.717, 1.165) is 11.5 Å². The number of rotatable bonds is 8. The zero-order valence-corrected chi connectivity index (χ0v) is 11.3. The van der Waals surface area contributed by atoms with Crippen LogP contribution in [0.25, 0.3) is 0 Å². The van der Waals surface area contributed by atoms with Crippen LogP contribution in [0.1, 0.15) is 6.42 Å². The molecule has 0 aliphatic rings. The van der Waals surface area contributed by atoms with Gasteiger partial charge in [-0.1, -0.05) is 18.2 Å². The Morgan fingerprint density at radius 2 is 2.06 bits per heavy atom. The van der Waals surface area contributed by atoms with Gasteiger partial charge in [0.15, 0.2) is 0 Å². The number of ether oxygens (including phenoxy) is 2. The SMILES string of the molecule is CSCCC(N)C(=O)OCCOc1ccccc1. The molecule has 4 nitrogen and oxygen atoms in total. The molecule has 1 aromatic carbocycles. The van der Waals surface area contributed by atoms with Crippen LogP contribution in [0.3, 0.4) is 0 Å². The maximum absolute atomic E-state index is 11.4. The molecule has 0 aromatic heterocycles. The van der Waals surface area contributed by atoms with Crippen molar-refractivity contribution >= 4 is 17.7 Å². The number of benzene rings is 1. The molecule has 1 aromatic rings. The summed E-state index contributed by atoms with van der Waals surface area (Å²) in [5.74, 6) is 1.26. The van der Waals surface area contributed by atoms with Gasteiger partial charge in [-0.05, 0) is 30.6 Å². The number of para-hydroxylation sites is 1. The summed E-state index contributed by atoms with van der Waals surface area (Å²) in [6.45, 7) is 0.561. The number of thioether (sulfide) groups is 1. The third-order valence-electron chi connectivity index (χ3n) is 2.28. The monoisotopic (exact) mass is 269 g/mol. The molecule has 18 heavy (non-hydrogen) atoms. The summed E-state index contributed by atoms with van der Waals surface area (Å²) in [4.78, 5) is 11.4. The molecule has 0 aliphatic heterocycles. The van der Waals surface area contributed by atoms with Crippen molar-refractivity contribution in [3.63, 3.8) is 0 Å². The van der Waals surface area contributed by atoms with Crippen molar-refractivity contribution in [3.8, 4) is 5.75 Å². The van der Waals surface area contributed by atoms with Crippen LogP contribution in [0.4, 0.5) is 0 Å².